The van der Waals surface area contributed by atoms with Crippen LogP contribution in [0.5, 0.6) is 0 Å². The molecule has 0 bridgehead atoms. The van der Waals surface area contributed by atoms with E-state index in [1.807, 2.05) is 36.4 Å². The number of hydrogen-bond acceptors (Lipinski definition) is 5. The van der Waals surface area contributed by atoms with Crippen LogP contribution in [0.4, 0.5) is 10.1 Å². The summed E-state index contributed by atoms with van der Waals surface area (Å²) >= 11 is 0. The van der Waals surface area contributed by atoms with Crippen LogP contribution in [0.25, 0.3) is 0 Å². The summed E-state index contributed by atoms with van der Waals surface area (Å²) in [6, 6.07) is 18.8. The number of fused-ring (bicyclic) bond motifs is 2. The fourth-order valence-electron chi connectivity index (χ4n) is 4.90. The number of amides is 1. The van der Waals surface area contributed by atoms with Gasteiger partial charge >= 0.3 is 5.97 Å². The molecule has 3 aromatic carbocycles. The van der Waals surface area contributed by atoms with Gasteiger partial charge in [0.2, 0.25) is 10.0 Å². The lowest BCUT2D eigenvalue weighted by Crippen LogP contribution is -2.41. The van der Waals surface area contributed by atoms with E-state index in [9.17, 15) is 22.4 Å². The molecule has 2 aliphatic heterocycles. The quantitative estimate of drug-likeness (QED) is 0.475. The minimum atomic E-state index is -4.01. The van der Waals surface area contributed by atoms with Crippen LogP contribution in [0.2, 0.25) is 0 Å². The van der Waals surface area contributed by atoms with E-state index in [1.165, 1.54) is 16.4 Å². The van der Waals surface area contributed by atoms with Crippen LogP contribution in [-0.4, -0.2) is 44.3 Å². The summed E-state index contributed by atoms with van der Waals surface area (Å²) in [7, 11) is -4.01. The molecular weight excluding hydrogens is 483 g/mol. The van der Waals surface area contributed by atoms with E-state index in [4.69, 9.17) is 4.74 Å². The number of anilines is 1. The number of para-hydroxylation sites is 1. The molecule has 2 heterocycles. The first kappa shape index (κ1) is 24.1. The predicted molar refractivity (Wildman–Crippen MR) is 131 cm³/mol. The summed E-state index contributed by atoms with van der Waals surface area (Å²) in [5.41, 5.74) is 3.55. The molecule has 0 aliphatic carbocycles. The Morgan fingerprint density at radius 3 is 2.33 bits per heavy atom. The Kier molecular flexibility index (Phi) is 6.59. The Labute approximate surface area is 209 Å². The first-order chi connectivity index (χ1) is 17.3. The van der Waals surface area contributed by atoms with Gasteiger partial charge in [-0.25, -0.2) is 12.8 Å². The SMILES string of the molecule is O=C(C[C@@H]1c2ccccc2CCN1S(=O)(=O)c1ccc(F)cc1)OCC(=O)N1CCc2ccccc21. The van der Waals surface area contributed by atoms with Gasteiger partial charge in [0.05, 0.1) is 17.4 Å². The molecule has 36 heavy (non-hydrogen) atoms. The van der Waals surface area contributed by atoms with Crippen molar-refractivity contribution in [2.75, 3.05) is 24.6 Å². The summed E-state index contributed by atoms with van der Waals surface area (Å²) in [5, 5.41) is 0. The summed E-state index contributed by atoms with van der Waals surface area (Å²) in [6.45, 7) is 0.264. The molecule has 3 aromatic rings. The Morgan fingerprint density at radius 2 is 1.56 bits per heavy atom. The minimum absolute atomic E-state index is 0.0514. The zero-order valence-electron chi connectivity index (χ0n) is 19.5. The normalized spacial score (nSPS) is 17.4. The second kappa shape index (κ2) is 9.83. The van der Waals surface area contributed by atoms with Crippen LogP contribution in [0, 0.1) is 5.82 Å². The second-order valence-corrected chi connectivity index (χ2v) is 10.7. The minimum Gasteiger partial charge on any atom is -0.455 e. The average Bonchev–Trinajstić information content (AvgIpc) is 3.32. The summed E-state index contributed by atoms with van der Waals surface area (Å²) in [6.07, 6.45) is 0.973. The number of sulfonamides is 1. The monoisotopic (exact) mass is 508 g/mol. The van der Waals surface area contributed by atoms with Crippen molar-refractivity contribution in [3.63, 3.8) is 0 Å². The number of ether oxygens (including phenoxy) is 1. The smallest absolute Gasteiger partial charge is 0.308 e. The van der Waals surface area contributed by atoms with Gasteiger partial charge in [-0.05, 0) is 59.9 Å². The van der Waals surface area contributed by atoms with Crippen molar-refractivity contribution < 1.29 is 27.1 Å². The molecule has 0 saturated carbocycles. The van der Waals surface area contributed by atoms with Crippen LogP contribution in [0.15, 0.2) is 77.7 Å². The first-order valence-corrected chi connectivity index (χ1v) is 13.2. The van der Waals surface area contributed by atoms with E-state index < -0.39 is 34.5 Å². The highest BCUT2D eigenvalue weighted by Gasteiger charge is 2.38. The zero-order chi connectivity index (χ0) is 25.3. The predicted octanol–water partition coefficient (Wildman–Crippen LogP) is 3.64. The third kappa shape index (κ3) is 4.64. The molecule has 0 aromatic heterocycles. The van der Waals surface area contributed by atoms with Gasteiger partial charge in [-0.3, -0.25) is 9.59 Å². The summed E-state index contributed by atoms with van der Waals surface area (Å²) in [5.74, 6) is -1.53. The molecule has 0 unspecified atom stereocenters. The molecule has 2 aliphatic rings. The van der Waals surface area contributed by atoms with Crippen molar-refractivity contribution in [2.45, 2.75) is 30.2 Å². The van der Waals surface area contributed by atoms with Crippen LogP contribution >= 0.6 is 0 Å². The number of benzene rings is 3. The fourth-order valence-corrected chi connectivity index (χ4v) is 6.51. The highest BCUT2D eigenvalue weighted by Crippen LogP contribution is 2.36. The lowest BCUT2D eigenvalue weighted by molar-refractivity contribution is -0.148. The van der Waals surface area contributed by atoms with E-state index >= 15 is 0 Å². The number of esters is 1. The van der Waals surface area contributed by atoms with E-state index in [2.05, 4.69) is 0 Å². The highest BCUT2D eigenvalue weighted by molar-refractivity contribution is 7.89. The number of halogens is 1. The van der Waals surface area contributed by atoms with Crippen molar-refractivity contribution in [3.05, 3.63) is 95.3 Å². The first-order valence-electron chi connectivity index (χ1n) is 11.7. The molecule has 7 nitrogen and oxygen atoms in total. The van der Waals surface area contributed by atoms with E-state index in [-0.39, 0.29) is 23.8 Å². The number of carbonyl (C=O) groups is 2. The van der Waals surface area contributed by atoms with Crippen LogP contribution in [0.1, 0.15) is 29.2 Å². The van der Waals surface area contributed by atoms with Gasteiger partial charge in [-0.15, -0.1) is 0 Å². The topological polar surface area (TPSA) is 84.0 Å². The van der Waals surface area contributed by atoms with Gasteiger partial charge in [0.15, 0.2) is 6.61 Å². The number of hydrogen-bond donors (Lipinski definition) is 0. The van der Waals surface area contributed by atoms with Gasteiger partial charge in [0.1, 0.15) is 5.82 Å². The van der Waals surface area contributed by atoms with Crippen molar-refractivity contribution >= 4 is 27.6 Å². The number of nitrogens with zero attached hydrogens (tertiary/aromatic N) is 2. The van der Waals surface area contributed by atoms with E-state index in [0.717, 1.165) is 35.4 Å². The standard InChI is InChI=1S/C27H25FN2O5S/c28-21-9-11-22(12-10-21)36(33,34)30-16-14-19-5-1-3-7-23(19)25(30)17-27(32)35-18-26(31)29-15-13-20-6-2-4-8-24(20)29/h1-12,25H,13-18H2/t25-/m1/s1. The molecule has 0 N–H and O–H groups in total. The average molecular weight is 509 g/mol. The summed E-state index contributed by atoms with van der Waals surface area (Å²) in [4.78, 5) is 27.2. The van der Waals surface area contributed by atoms with Gasteiger partial charge in [-0.2, -0.15) is 4.31 Å². The second-order valence-electron chi connectivity index (χ2n) is 8.82. The molecule has 0 fully saturated rings. The van der Waals surface area contributed by atoms with Crippen molar-refractivity contribution in [1.29, 1.82) is 0 Å². The molecular formula is C27H25FN2O5S. The molecule has 186 valence electrons. The van der Waals surface area contributed by atoms with Crippen LogP contribution in [0.3, 0.4) is 0 Å². The number of rotatable bonds is 6. The molecule has 9 heteroatoms. The maximum atomic E-state index is 13.4. The third-order valence-electron chi connectivity index (χ3n) is 6.69. The zero-order valence-corrected chi connectivity index (χ0v) is 20.3. The van der Waals surface area contributed by atoms with Crippen molar-refractivity contribution in [3.8, 4) is 0 Å². The molecule has 0 radical (unpaired) electrons. The van der Waals surface area contributed by atoms with Gasteiger partial charge < -0.3 is 9.64 Å². The van der Waals surface area contributed by atoms with Crippen molar-refractivity contribution in [2.24, 2.45) is 0 Å². The number of carbonyl (C=O) groups excluding carboxylic acids is 2. The van der Waals surface area contributed by atoms with Gasteiger partial charge in [-0.1, -0.05) is 42.5 Å². The van der Waals surface area contributed by atoms with Crippen LogP contribution < -0.4 is 4.90 Å². The van der Waals surface area contributed by atoms with Gasteiger partial charge in [0, 0.05) is 18.8 Å². The third-order valence-corrected chi connectivity index (χ3v) is 8.61. The Morgan fingerprint density at radius 1 is 0.889 bits per heavy atom. The maximum absolute atomic E-state index is 13.4. The Bertz CT molecular complexity index is 1410. The Balaban J connectivity index is 1.33. The molecule has 0 spiro atoms. The summed E-state index contributed by atoms with van der Waals surface area (Å²) < 4.78 is 46.9. The molecule has 0 saturated heterocycles. The molecule has 5 rings (SSSR count). The highest BCUT2D eigenvalue weighted by atomic mass is 32.2. The van der Waals surface area contributed by atoms with Crippen LogP contribution in [-0.2, 0) is 37.2 Å². The van der Waals surface area contributed by atoms with Crippen molar-refractivity contribution in [1.82, 2.24) is 4.31 Å². The lowest BCUT2D eigenvalue weighted by atomic mass is 9.92. The van der Waals surface area contributed by atoms with Gasteiger partial charge in [0.25, 0.3) is 5.91 Å². The van der Waals surface area contributed by atoms with E-state index in [1.54, 1.807) is 17.0 Å². The molecule has 1 atom stereocenters. The molecule has 1 amide bonds. The van der Waals surface area contributed by atoms with E-state index in [0.29, 0.717) is 18.5 Å². The largest absolute Gasteiger partial charge is 0.455 e. The lowest BCUT2D eigenvalue weighted by Gasteiger charge is -2.36. The fraction of sp³-hybridized carbons (Fsp3) is 0.259. The maximum Gasteiger partial charge on any atom is 0.308 e. The Hall–Kier alpha value is -3.56.